The summed E-state index contributed by atoms with van der Waals surface area (Å²) in [5, 5.41) is 4.37. The van der Waals surface area contributed by atoms with Gasteiger partial charge in [-0.05, 0) is 44.2 Å². The molecule has 0 saturated carbocycles. The standard InChI is InChI=1S/C32H26Si/c1-4-16-27(17-5-1)33(28-18-6-2-7-19-28,29-20-8-3-9-21-29)32-30-22-12-10-14-25(30)24-26-15-11-13-23-31(26)32/h1-23,32H,24H2. The van der Waals surface area contributed by atoms with Crippen molar-refractivity contribution in [1.82, 2.24) is 0 Å². The van der Waals surface area contributed by atoms with Crippen LogP contribution in [0.15, 0.2) is 140 Å². The third-order valence-electron chi connectivity index (χ3n) is 7.23. The van der Waals surface area contributed by atoms with E-state index in [4.69, 9.17) is 0 Å². The maximum Gasteiger partial charge on any atom is 0.159 e. The van der Waals surface area contributed by atoms with Crippen LogP contribution in [0.1, 0.15) is 27.8 Å². The Morgan fingerprint density at radius 3 is 1.12 bits per heavy atom. The minimum atomic E-state index is -2.53. The van der Waals surface area contributed by atoms with Gasteiger partial charge < -0.3 is 0 Å². The Morgan fingerprint density at radius 1 is 0.394 bits per heavy atom. The van der Waals surface area contributed by atoms with Crippen LogP contribution in [0.5, 0.6) is 0 Å². The summed E-state index contributed by atoms with van der Waals surface area (Å²) in [7, 11) is -2.53. The number of hydrogen-bond donors (Lipinski definition) is 0. The first-order valence-corrected chi connectivity index (χ1v) is 13.8. The maximum atomic E-state index is 2.38. The van der Waals surface area contributed by atoms with E-state index in [0.29, 0.717) is 5.54 Å². The summed E-state index contributed by atoms with van der Waals surface area (Å²) in [6.07, 6.45) is 1.01. The smallest absolute Gasteiger partial charge is 0.0624 e. The predicted molar refractivity (Wildman–Crippen MR) is 142 cm³/mol. The lowest BCUT2D eigenvalue weighted by Crippen LogP contribution is -2.71. The molecule has 0 radical (unpaired) electrons. The molecule has 1 aliphatic carbocycles. The van der Waals surface area contributed by atoms with E-state index in [1.54, 1.807) is 0 Å². The van der Waals surface area contributed by atoms with Gasteiger partial charge in [-0.1, -0.05) is 140 Å². The van der Waals surface area contributed by atoms with Gasteiger partial charge >= 0.3 is 0 Å². The quantitative estimate of drug-likeness (QED) is 0.259. The van der Waals surface area contributed by atoms with E-state index in [-0.39, 0.29) is 0 Å². The molecule has 0 nitrogen and oxygen atoms in total. The second-order valence-corrected chi connectivity index (χ2v) is 12.8. The molecule has 0 bridgehead atoms. The van der Waals surface area contributed by atoms with Crippen molar-refractivity contribution in [2.45, 2.75) is 12.0 Å². The fourth-order valence-corrected chi connectivity index (χ4v) is 11.5. The molecule has 0 unspecified atom stereocenters. The first-order chi connectivity index (χ1) is 16.4. The zero-order chi connectivity index (χ0) is 22.1. The van der Waals surface area contributed by atoms with Crippen LogP contribution in [0.3, 0.4) is 0 Å². The largest absolute Gasteiger partial charge is 0.159 e. The van der Waals surface area contributed by atoms with Gasteiger partial charge in [0.05, 0.1) is 0 Å². The molecular formula is C32H26Si. The Hall–Kier alpha value is -3.68. The average Bonchev–Trinajstić information content (AvgIpc) is 2.90. The van der Waals surface area contributed by atoms with Crippen molar-refractivity contribution in [3.8, 4) is 0 Å². The fraction of sp³-hybridized carbons (Fsp3) is 0.0625. The predicted octanol–water partition coefficient (Wildman–Crippen LogP) is 5.43. The van der Waals surface area contributed by atoms with Gasteiger partial charge in [0.2, 0.25) is 0 Å². The van der Waals surface area contributed by atoms with Gasteiger partial charge in [0.1, 0.15) is 0 Å². The van der Waals surface area contributed by atoms with Gasteiger partial charge in [-0.3, -0.25) is 0 Å². The second kappa shape index (κ2) is 8.35. The van der Waals surface area contributed by atoms with E-state index in [2.05, 4.69) is 140 Å². The van der Waals surface area contributed by atoms with Crippen LogP contribution in [0.4, 0.5) is 0 Å². The van der Waals surface area contributed by atoms with Crippen molar-refractivity contribution in [2.24, 2.45) is 0 Å². The molecule has 0 spiro atoms. The monoisotopic (exact) mass is 438 g/mol. The van der Waals surface area contributed by atoms with Gasteiger partial charge in [-0.15, -0.1) is 0 Å². The highest BCUT2D eigenvalue weighted by Gasteiger charge is 2.49. The number of benzene rings is 5. The molecule has 0 saturated heterocycles. The summed E-state index contributed by atoms with van der Waals surface area (Å²) in [5.74, 6) is 0. The third-order valence-corrected chi connectivity index (χ3v) is 12.5. The Morgan fingerprint density at radius 2 is 0.727 bits per heavy atom. The average molecular weight is 439 g/mol. The molecule has 0 aromatic heterocycles. The Bertz CT molecular complexity index is 1230. The van der Waals surface area contributed by atoms with Crippen molar-refractivity contribution < 1.29 is 0 Å². The van der Waals surface area contributed by atoms with Crippen molar-refractivity contribution in [1.29, 1.82) is 0 Å². The van der Waals surface area contributed by atoms with Gasteiger partial charge in [0, 0.05) is 5.54 Å². The fourth-order valence-electron chi connectivity index (χ4n) is 5.90. The highest BCUT2D eigenvalue weighted by atomic mass is 28.3. The lowest BCUT2D eigenvalue weighted by atomic mass is 9.85. The SMILES string of the molecule is c1ccc([Si](c2ccccc2)(c2ccccc2)C2c3ccccc3Cc3ccccc32)cc1. The minimum absolute atomic E-state index is 0.297. The molecule has 1 aliphatic rings. The van der Waals surface area contributed by atoms with E-state index in [0.717, 1.165) is 6.42 Å². The van der Waals surface area contributed by atoms with Gasteiger partial charge in [-0.25, -0.2) is 0 Å². The second-order valence-electron chi connectivity index (χ2n) is 8.91. The van der Waals surface area contributed by atoms with Crippen molar-refractivity contribution in [2.75, 3.05) is 0 Å². The Balaban J connectivity index is 1.79. The van der Waals surface area contributed by atoms with Crippen molar-refractivity contribution in [3.63, 3.8) is 0 Å². The highest BCUT2D eigenvalue weighted by Crippen LogP contribution is 2.41. The summed E-state index contributed by atoms with van der Waals surface area (Å²) in [6, 6.07) is 52.2. The molecule has 1 heteroatoms. The van der Waals surface area contributed by atoms with Gasteiger partial charge in [-0.2, -0.15) is 0 Å². The van der Waals surface area contributed by atoms with Crippen LogP contribution in [0.2, 0.25) is 0 Å². The van der Waals surface area contributed by atoms with Gasteiger partial charge in [0.25, 0.3) is 0 Å². The van der Waals surface area contributed by atoms with Crippen molar-refractivity contribution >= 4 is 23.6 Å². The topological polar surface area (TPSA) is 0 Å². The van der Waals surface area contributed by atoms with Crippen LogP contribution < -0.4 is 15.6 Å². The number of rotatable bonds is 4. The molecule has 0 aliphatic heterocycles. The van der Waals surface area contributed by atoms with E-state index in [9.17, 15) is 0 Å². The summed E-state index contributed by atoms with van der Waals surface area (Å²) in [4.78, 5) is 0. The Labute approximate surface area is 197 Å². The zero-order valence-corrected chi connectivity index (χ0v) is 19.6. The Kier molecular flexibility index (Phi) is 5.05. The summed E-state index contributed by atoms with van der Waals surface area (Å²) >= 11 is 0. The van der Waals surface area contributed by atoms with Crippen molar-refractivity contribution in [3.05, 3.63) is 162 Å². The van der Waals surface area contributed by atoms with E-state index in [1.165, 1.54) is 37.8 Å². The summed E-state index contributed by atoms with van der Waals surface area (Å²) in [5.41, 5.74) is 6.19. The first kappa shape index (κ1) is 20.0. The maximum absolute atomic E-state index is 2.53. The van der Waals surface area contributed by atoms with E-state index >= 15 is 0 Å². The molecule has 0 amide bonds. The van der Waals surface area contributed by atoms with Crippen LogP contribution in [-0.2, 0) is 6.42 Å². The molecule has 33 heavy (non-hydrogen) atoms. The highest BCUT2D eigenvalue weighted by molar-refractivity contribution is 7.12. The summed E-state index contributed by atoms with van der Waals surface area (Å²) < 4.78 is 0. The third kappa shape index (κ3) is 3.20. The molecule has 6 rings (SSSR count). The normalized spacial score (nSPS) is 13.2. The molecule has 0 N–H and O–H groups in total. The number of fused-ring (bicyclic) bond motifs is 2. The minimum Gasteiger partial charge on any atom is -0.0624 e. The van der Waals surface area contributed by atoms with Gasteiger partial charge in [0.15, 0.2) is 8.07 Å². The molecule has 5 aromatic rings. The van der Waals surface area contributed by atoms with E-state index < -0.39 is 8.07 Å². The van der Waals surface area contributed by atoms with Crippen LogP contribution in [0.25, 0.3) is 0 Å². The van der Waals surface area contributed by atoms with Crippen LogP contribution in [-0.4, -0.2) is 8.07 Å². The number of hydrogen-bond acceptors (Lipinski definition) is 0. The summed E-state index contributed by atoms with van der Waals surface area (Å²) in [6.45, 7) is 0. The van der Waals surface area contributed by atoms with Crippen LogP contribution in [0, 0.1) is 0 Å². The lowest BCUT2D eigenvalue weighted by molar-refractivity contribution is 0.956. The first-order valence-electron chi connectivity index (χ1n) is 11.7. The molecule has 0 heterocycles. The molecular weight excluding hydrogens is 412 g/mol. The van der Waals surface area contributed by atoms with E-state index in [1.807, 2.05) is 0 Å². The lowest BCUT2D eigenvalue weighted by Gasteiger charge is -2.44. The zero-order valence-electron chi connectivity index (χ0n) is 18.6. The molecule has 5 aromatic carbocycles. The molecule has 158 valence electrons. The molecule has 0 fully saturated rings. The molecule has 0 atom stereocenters. The van der Waals surface area contributed by atoms with Crippen LogP contribution >= 0.6 is 0 Å².